The Balaban J connectivity index is 1.35. The van der Waals surface area contributed by atoms with Crippen molar-refractivity contribution in [3.05, 3.63) is 71.3 Å². The molecule has 0 unspecified atom stereocenters. The van der Waals surface area contributed by atoms with Crippen LogP contribution in [0.15, 0.2) is 53.7 Å². The summed E-state index contributed by atoms with van der Waals surface area (Å²) in [6.45, 7) is 1.15. The quantitative estimate of drug-likeness (QED) is 0.832. The number of carbonyl (C=O) groups is 1. The fourth-order valence-electron chi connectivity index (χ4n) is 3.80. The number of nitrogens with one attached hydrogen (secondary N) is 1. The Labute approximate surface area is 167 Å². The number of hydrogen-bond acceptors (Lipinski definition) is 4. The summed E-state index contributed by atoms with van der Waals surface area (Å²) in [5.41, 5.74) is 1.34. The molecule has 2 aromatic carbocycles. The first-order valence-electron chi connectivity index (χ1n) is 9.74. The van der Waals surface area contributed by atoms with Crippen molar-refractivity contribution in [3.8, 4) is 0 Å². The first-order valence-corrected chi connectivity index (χ1v) is 9.74. The molecule has 0 saturated carbocycles. The molecule has 2 aliphatic rings. The lowest BCUT2D eigenvalue weighted by molar-refractivity contribution is -0.131. The maximum atomic E-state index is 13.9. The van der Waals surface area contributed by atoms with Crippen LogP contribution in [-0.2, 0) is 14.4 Å². The summed E-state index contributed by atoms with van der Waals surface area (Å²) in [6.07, 6.45) is 1.06. The monoisotopic (exact) mass is 400 g/mol. The second-order valence-electron chi connectivity index (χ2n) is 7.31. The van der Waals surface area contributed by atoms with E-state index in [1.54, 1.807) is 0 Å². The number of benzene rings is 2. The van der Waals surface area contributed by atoms with Gasteiger partial charge < -0.3 is 14.9 Å². The van der Waals surface area contributed by atoms with Crippen LogP contribution >= 0.6 is 0 Å². The Kier molecular flexibility index (Phi) is 5.85. The maximum Gasteiger partial charge on any atom is 0.264 e. The second kappa shape index (κ2) is 8.69. The van der Waals surface area contributed by atoms with Gasteiger partial charge in [-0.1, -0.05) is 35.5 Å². The molecule has 1 N–H and O–H groups in total. The molecule has 1 amide bonds. The molecule has 2 aliphatic heterocycles. The van der Waals surface area contributed by atoms with Crippen molar-refractivity contribution >= 4 is 11.6 Å². The molecule has 2 aromatic rings. The standard InChI is InChI=1S/C22H22F2N2O3/c23-16-8-9-18(24)17(11-16)19-12-20(29-26-19)22(27)25-13-15-7-4-10-28-21(15)14-5-2-1-3-6-14/h1-3,5-6,8-9,11,15,20-21H,4,7,10,12-13H2,(H,25,27)/t15-,20+,21-/m0/s1. The zero-order chi connectivity index (χ0) is 20.2. The van der Waals surface area contributed by atoms with Crippen LogP contribution < -0.4 is 5.32 Å². The summed E-state index contributed by atoms with van der Waals surface area (Å²) in [5.74, 6) is -1.34. The summed E-state index contributed by atoms with van der Waals surface area (Å²) in [6, 6.07) is 13.1. The predicted molar refractivity (Wildman–Crippen MR) is 103 cm³/mol. The Morgan fingerprint density at radius 1 is 1.17 bits per heavy atom. The summed E-state index contributed by atoms with van der Waals surface area (Å²) in [4.78, 5) is 17.7. The SMILES string of the molecule is O=C(NC[C@@H]1CCCO[C@H]1c1ccccc1)[C@H]1CC(c2cc(F)ccc2F)=NO1. The molecule has 152 valence electrons. The number of ether oxygens (including phenoxy) is 1. The van der Waals surface area contributed by atoms with E-state index in [1.807, 2.05) is 30.3 Å². The van der Waals surface area contributed by atoms with Gasteiger partial charge in [0.15, 0.2) is 0 Å². The van der Waals surface area contributed by atoms with Crippen LogP contribution in [-0.4, -0.2) is 30.9 Å². The zero-order valence-corrected chi connectivity index (χ0v) is 15.8. The molecule has 0 spiro atoms. The molecule has 3 atom stereocenters. The van der Waals surface area contributed by atoms with Crippen LogP contribution in [0.4, 0.5) is 8.78 Å². The van der Waals surface area contributed by atoms with Gasteiger partial charge in [0.05, 0.1) is 11.8 Å². The van der Waals surface area contributed by atoms with Gasteiger partial charge in [0, 0.05) is 31.1 Å². The molecular weight excluding hydrogens is 378 g/mol. The second-order valence-corrected chi connectivity index (χ2v) is 7.31. The molecule has 4 rings (SSSR count). The molecule has 0 aliphatic carbocycles. The number of halogens is 2. The van der Waals surface area contributed by atoms with Gasteiger partial charge in [-0.25, -0.2) is 8.78 Å². The highest BCUT2D eigenvalue weighted by atomic mass is 19.1. The third-order valence-corrected chi connectivity index (χ3v) is 5.31. The van der Waals surface area contributed by atoms with Crippen LogP contribution in [0.2, 0.25) is 0 Å². The van der Waals surface area contributed by atoms with E-state index in [2.05, 4.69) is 10.5 Å². The molecular formula is C22H22F2N2O3. The fraction of sp³-hybridized carbons (Fsp3) is 0.364. The first kappa shape index (κ1) is 19.5. The molecule has 1 fully saturated rings. The highest BCUT2D eigenvalue weighted by Crippen LogP contribution is 2.33. The van der Waals surface area contributed by atoms with Crippen LogP contribution in [0.1, 0.15) is 36.5 Å². The number of carbonyl (C=O) groups excluding carboxylic acids is 1. The third-order valence-electron chi connectivity index (χ3n) is 5.31. The summed E-state index contributed by atoms with van der Waals surface area (Å²) >= 11 is 0. The largest absolute Gasteiger partial charge is 0.382 e. The minimum Gasteiger partial charge on any atom is -0.382 e. The van der Waals surface area contributed by atoms with Gasteiger partial charge in [0.25, 0.3) is 5.91 Å². The Bertz CT molecular complexity index is 904. The molecule has 0 radical (unpaired) electrons. The highest BCUT2D eigenvalue weighted by molar-refractivity contribution is 6.04. The first-order chi connectivity index (χ1) is 14.1. The average Bonchev–Trinajstić information content (AvgIpc) is 3.25. The number of hydrogen-bond donors (Lipinski definition) is 1. The lowest BCUT2D eigenvalue weighted by Gasteiger charge is -2.32. The molecule has 5 nitrogen and oxygen atoms in total. The van der Waals surface area contributed by atoms with E-state index >= 15 is 0 Å². The smallest absolute Gasteiger partial charge is 0.264 e. The minimum atomic E-state index is -0.854. The number of rotatable bonds is 5. The topological polar surface area (TPSA) is 59.9 Å². The highest BCUT2D eigenvalue weighted by Gasteiger charge is 2.32. The Morgan fingerprint density at radius 2 is 2.00 bits per heavy atom. The molecule has 1 saturated heterocycles. The summed E-state index contributed by atoms with van der Waals surface area (Å²) in [7, 11) is 0. The molecule has 29 heavy (non-hydrogen) atoms. The van der Waals surface area contributed by atoms with Crippen LogP contribution in [0, 0.1) is 17.6 Å². The van der Waals surface area contributed by atoms with Crippen molar-refractivity contribution < 1.29 is 23.1 Å². The van der Waals surface area contributed by atoms with E-state index in [4.69, 9.17) is 9.57 Å². The Morgan fingerprint density at radius 3 is 2.83 bits per heavy atom. The van der Waals surface area contributed by atoms with Crippen molar-refractivity contribution in [3.63, 3.8) is 0 Å². The van der Waals surface area contributed by atoms with Gasteiger partial charge in [0.1, 0.15) is 11.6 Å². The summed E-state index contributed by atoms with van der Waals surface area (Å²) in [5, 5.41) is 6.70. The summed E-state index contributed by atoms with van der Waals surface area (Å²) < 4.78 is 33.3. The van der Waals surface area contributed by atoms with Crippen molar-refractivity contribution in [1.82, 2.24) is 5.32 Å². The van der Waals surface area contributed by atoms with Crippen molar-refractivity contribution in [2.45, 2.75) is 31.5 Å². The van der Waals surface area contributed by atoms with Crippen LogP contribution in [0.25, 0.3) is 0 Å². The lowest BCUT2D eigenvalue weighted by Crippen LogP contribution is -2.40. The van der Waals surface area contributed by atoms with Gasteiger partial charge in [-0.15, -0.1) is 0 Å². The van der Waals surface area contributed by atoms with Crippen LogP contribution in [0.3, 0.4) is 0 Å². The fourth-order valence-corrected chi connectivity index (χ4v) is 3.80. The van der Waals surface area contributed by atoms with E-state index < -0.39 is 17.7 Å². The average molecular weight is 400 g/mol. The number of oxime groups is 1. The van der Waals surface area contributed by atoms with Gasteiger partial charge >= 0.3 is 0 Å². The normalized spacial score (nSPS) is 23.9. The van der Waals surface area contributed by atoms with E-state index in [9.17, 15) is 13.6 Å². The maximum absolute atomic E-state index is 13.9. The molecule has 0 aromatic heterocycles. The predicted octanol–water partition coefficient (Wildman–Crippen LogP) is 3.74. The van der Waals surface area contributed by atoms with E-state index in [1.165, 1.54) is 0 Å². The van der Waals surface area contributed by atoms with E-state index in [0.29, 0.717) is 13.2 Å². The van der Waals surface area contributed by atoms with Crippen molar-refractivity contribution in [2.75, 3.05) is 13.2 Å². The third kappa shape index (κ3) is 4.45. The van der Waals surface area contributed by atoms with E-state index in [0.717, 1.165) is 36.6 Å². The zero-order valence-electron chi connectivity index (χ0n) is 15.8. The minimum absolute atomic E-state index is 0.0186. The number of nitrogens with zero attached hydrogens (tertiary/aromatic N) is 1. The van der Waals surface area contributed by atoms with Gasteiger partial charge in [-0.2, -0.15) is 0 Å². The molecule has 0 bridgehead atoms. The number of amides is 1. The van der Waals surface area contributed by atoms with Crippen LogP contribution in [0.5, 0.6) is 0 Å². The molecule has 2 heterocycles. The van der Waals surface area contributed by atoms with Gasteiger partial charge in [-0.05, 0) is 36.6 Å². The van der Waals surface area contributed by atoms with Crippen molar-refractivity contribution in [2.24, 2.45) is 11.1 Å². The molecule has 7 heteroatoms. The Hall–Kier alpha value is -2.80. The van der Waals surface area contributed by atoms with Gasteiger partial charge in [-0.3, -0.25) is 4.79 Å². The van der Waals surface area contributed by atoms with Gasteiger partial charge in [0.2, 0.25) is 6.10 Å². The lowest BCUT2D eigenvalue weighted by atomic mass is 9.89. The van der Waals surface area contributed by atoms with Crippen molar-refractivity contribution in [1.29, 1.82) is 0 Å². The van der Waals surface area contributed by atoms with E-state index in [-0.39, 0.29) is 35.6 Å².